The van der Waals surface area contributed by atoms with Crippen LogP contribution in [-0.4, -0.2) is 34.9 Å². The Labute approximate surface area is 93.3 Å². The fourth-order valence-electron chi connectivity index (χ4n) is 0.512. The van der Waals surface area contributed by atoms with Gasteiger partial charge in [-0.05, 0) is 6.92 Å². The van der Waals surface area contributed by atoms with Crippen molar-refractivity contribution in [2.75, 3.05) is 12.4 Å². The highest BCUT2D eigenvalue weighted by Gasteiger charge is 2.45. The average molecular weight is 264 g/mol. The van der Waals surface area contributed by atoms with Gasteiger partial charge < -0.3 is 4.74 Å². The number of ether oxygens (including phenoxy) is 1. The maximum absolute atomic E-state index is 12.5. The lowest BCUT2D eigenvalue weighted by Crippen LogP contribution is -2.33. The zero-order valence-electron chi connectivity index (χ0n) is 7.64. The number of alkyl halides is 4. The van der Waals surface area contributed by atoms with Crippen molar-refractivity contribution in [3.05, 3.63) is 0 Å². The molecule has 0 fully saturated rings. The minimum atomic E-state index is -4.35. The molecule has 0 bridgehead atoms. The standard InChI is InChI=1S/C7H8F4O2S2/c1-2-13-4(12)3-15-6(14)7(10,11)5(8)9/h5H,2-3H2,1H3. The maximum atomic E-state index is 12.5. The van der Waals surface area contributed by atoms with Crippen molar-refractivity contribution in [3.63, 3.8) is 0 Å². The van der Waals surface area contributed by atoms with Crippen molar-refractivity contribution in [1.82, 2.24) is 0 Å². The van der Waals surface area contributed by atoms with Crippen LogP contribution in [0.2, 0.25) is 0 Å². The van der Waals surface area contributed by atoms with Crippen LogP contribution in [0.4, 0.5) is 17.6 Å². The summed E-state index contributed by atoms with van der Waals surface area (Å²) in [4.78, 5) is 10.7. The number of halogens is 4. The van der Waals surface area contributed by atoms with Crippen LogP contribution < -0.4 is 0 Å². The van der Waals surface area contributed by atoms with Gasteiger partial charge in [-0.15, -0.1) is 11.8 Å². The molecule has 0 rings (SSSR count). The molecule has 0 N–H and O–H groups in total. The molecule has 0 amide bonds. The molecule has 0 aromatic rings. The van der Waals surface area contributed by atoms with Gasteiger partial charge in [0, 0.05) is 0 Å². The normalized spacial score (nSPS) is 11.6. The molecule has 0 atom stereocenters. The highest BCUT2D eigenvalue weighted by atomic mass is 32.2. The van der Waals surface area contributed by atoms with E-state index in [1.54, 1.807) is 0 Å². The fourth-order valence-corrected chi connectivity index (χ4v) is 1.39. The molecule has 2 nitrogen and oxygen atoms in total. The highest BCUT2D eigenvalue weighted by Crippen LogP contribution is 2.30. The first-order chi connectivity index (χ1) is 6.82. The Morgan fingerprint density at radius 3 is 2.47 bits per heavy atom. The number of hydrogen-bond acceptors (Lipinski definition) is 4. The molecule has 0 unspecified atom stereocenters. The summed E-state index contributed by atoms with van der Waals surface area (Å²) >= 11 is 4.28. The molecule has 0 aromatic carbocycles. The predicted octanol–water partition coefficient (Wildman–Crippen LogP) is 2.51. The van der Waals surface area contributed by atoms with Crippen LogP contribution >= 0.6 is 24.0 Å². The van der Waals surface area contributed by atoms with Gasteiger partial charge in [-0.25, -0.2) is 8.78 Å². The van der Waals surface area contributed by atoms with Crippen LogP contribution in [0.3, 0.4) is 0 Å². The van der Waals surface area contributed by atoms with E-state index in [-0.39, 0.29) is 18.4 Å². The van der Waals surface area contributed by atoms with E-state index in [1.165, 1.54) is 6.92 Å². The number of carbonyl (C=O) groups excluding carboxylic acids is 1. The van der Waals surface area contributed by atoms with Gasteiger partial charge in [-0.1, -0.05) is 12.2 Å². The summed E-state index contributed by atoms with van der Waals surface area (Å²) in [6, 6.07) is 0. The lowest BCUT2D eigenvalue weighted by atomic mass is 10.4. The quantitative estimate of drug-likeness (QED) is 0.433. The summed E-state index contributed by atoms with van der Waals surface area (Å²) < 4.78 is 51.8. The second-order valence-electron chi connectivity index (χ2n) is 2.30. The van der Waals surface area contributed by atoms with Crippen LogP contribution in [0, 0.1) is 0 Å². The third-order valence-corrected chi connectivity index (χ3v) is 2.71. The van der Waals surface area contributed by atoms with Crippen LogP contribution in [-0.2, 0) is 9.53 Å². The molecular weight excluding hydrogens is 256 g/mol. The monoisotopic (exact) mass is 264 g/mol. The van der Waals surface area contributed by atoms with Gasteiger partial charge in [-0.3, -0.25) is 4.79 Å². The Morgan fingerprint density at radius 1 is 1.53 bits per heavy atom. The molecule has 88 valence electrons. The summed E-state index contributed by atoms with van der Waals surface area (Å²) in [6.45, 7) is 1.63. The first-order valence-corrected chi connectivity index (χ1v) is 5.20. The van der Waals surface area contributed by atoms with Gasteiger partial charge in [0.2, 0.25) is 0 Å². The van der Waals surface area contributed by atoms with Crippen LogP contribution in [0.1, 0.15) is 6.92 Å². The molecule has 0 aliphatic heterocycles. The molecule has 0 radical (unpaired) electrons. The van der Waals surface area contributed by atoms with E-state index in [9.17, 15) is 22.4 Å². The Kier molecular flexibility index (Phi) is 6.11. The van der Waals surface area contributed by atoms with E-state index in [0.29, 0.717) is 0 Å². The number of thioether (sulfide) groups is 1. The number of esters is 1. The number of rotatable bonds is 5. The fraction of sp³-hybridized carbons (Fsp3) is 0.714. The van der Waals surface area contributed by atoms with E-state index in [1.807, 2.05) is 0 Å². The van der Waals surface area contributed by atoms with Crippen molar-refractivity contribution in [3.8, 4) is 0 Å². The smallest absolute Gasteiger partial charge is 0.348 e. The predicted molar refractivity (Wildman–Crippen MR) is 52.6 cm³/mol. The number of carbonyl (C=O) groups is 1. The van der Waals surface area contributed by atoms with Gasteiger partial charge in [0.25, 0.3) is 0 Å². The highest BCUT2D eigenvalue weighted by molar-refractivity contribution is 8.23. The maximum Gasteiger partial charge on any atom is 0.348 e. The Balaban J connectivity index is 4.09. The topological polar surface area (TPSA) is 26.3 Å². The van der Waals surface area contributed by atoms with Crippen molar-refractivity contribution in [1.29, 1.82) is 0 Å². The van der Waals surface area contributed by atoms with Gasteiger partial charge in [0.1, 0.15) is 4.20 Å². The Hall–Kier alpha value is -0.370. The van der Waals surface area contributed by atoms with E-state index >= 15 is 0 Å². The largest absolute Gasteiger partial charge is 0.465 e. The van der Waals surface area contributed by atoms with Gasteiger partial charge >= 0.3 is 18.3 Å². The molecule has 15 heavy (non-hydrogen) atoms. The molecule has 0 aliphatic rings. The third kappa shape index (κ3) is 4.78. The second kappa shape index (κ2) is 6.26. The van der Waals surface area contributed by atoms with E-state index < -0.39 is 28.3 Å². The minimum absolute atomic E-state index is 0.0946. The van der Waals surface area contributed by atoms with Crippen LogP contribution in [0.15, 0.2) is 0 Å². The molecular formula is C7H8F4O2S2. The third-order valence-electron chi connectivity index (χ3n) is 1.17. The summed E-state index contributed by atoms with van der Waals surface area (Å²) in [6.07, 6.45) is -3.86. The Morgan fingerprint density at radius 2 is 2.07 bits per heavy atom. The molecule has 0 saturated heterocycles. The number of thiocarbonyl (C=S) groups is 1. The number of hydrogen-bond donors (Lipinski definition) is 0. The van der Waals surface area contributed by atoms with Crippen molar-refractivity contribution < 1.29 is 27.1 Å². The van der Waals surface area contributed by atoms with Gasteiger partial charge in [0.15, 0.2) is 0 Å². The van der Waals surface area contributed by atoms with Crippen LogP contribution in [0.25, 0.3) is 0 Å². The van der Waals surface area contributed by atoms with Crippen molar-refractivity contribution in [2.45, 2.75) is 19.3 Å². The SMILES string of the molecule is CCOC(=O)CSC(=S)C(F)(F)C(F)F. The van der Waals surface area contributed by atoms with Gasteiger partial charge in [0.05, 0.1) is 12.4 Å². The molecule has 0 saturated carbocycles. The lowest BCUT2D eigenvalue weighted by Gasteiger charge is -2.15. The zero-order chi connectivity index (χ0) is 12.1. The molecule has 0 aromatic heterocycles. The molecule has 0 spiro atoms. The zero-order valence-corrected chi connectivity index (χ0v) is 9.27. The van der Waals surface area contributed by atoms with Crippen LogP contribution in [0.5, 0.6) is 0 Å². The first-order valence-electron chi connectivity index (χ1n) is 3.81. The second-order valence-corrected chi connectivity index (χ2v) is 3.96. The first kappa shape index (κ1) is 14.6. The molecule has 0 aliphatic carbocycles. The van der Waals surface area contributed by atoms with Gasteiger partial charge in [-0.2, -0.15) is 8.78 Å². The molecule has 0 heterocycles. The lowest BCUT2D eigenvalue weighted by molar-refractivity contribution is -0.139. The van der Waals surface area contributed by atoms with E-state index in [0.717, 1.165) is 0 Å². The minimum Gasteiger partial charge on any atom is -0.465 e. The Bertz CT molecular complexity index is 245. The summed E-state index contributed by atoms with van der Waals surface area (Å²) in [7, 11) is 0. The summed E-state index contributed by atoms with van der Waals surface area (Å²) in [5.74, 6) is -5.61. The van der Waals surface area contributed by atoms with Crippen molar-refractivity contribution >= 4 is 34.1 Å². The van der Waals surface area contributed by atoms with E-state index in [2.05, 4.69) is 17.0 Å². The summed E-state index contributed by atoms with van der Waals surface area (Å²) in [5, 5.41) is 0. The molecule has 8 heteroatoms. The van der Waals surface area contributed by atoms with E-state index in [4.69, 9.17) is 0 Å². The summed E-state index contributed by atoms with van der Waals surface area (Å²) in [5.41, 5.74) is 0. The average Bonchev–Trinajstić information content (AvgIpc) is 2.14. The van der Waals surface area contributed by atoms with Crippen molar-refractivity contribution in [2.24, 2.45) is 0 Å².